The molecule has 104 valence electrons. The SMILES string of the molecule is C1CO[C@]2(C1)[C@H]1O[C@@H]3O[C@H]([C@]14CCO4)[C@@]1(CO1)[C@H]2O3. The second-order valence-electron chi connectivity index (χ2n) is 6.54. The lowest BCUT2D eigenvalue weighted by atomic mass is 9.59. The Labute approximate surface area is 110 Å². The van der Waals surface area contributed by atoms with Crippen LogP contribution in [0.25, 0.3) is 0 Å². The van der Waals surface area contributed by atoms with Gasteiger partial charge in [-0.3, -0.25) is 0 Å². The fourth-order valence-electron chi connectivity index (χ4n) is 5.01. The average molecular weight is 268 g/mol. The normalized spacial score (nSPS) is 68.2. The summed E-state index contributed by atoms with van der Waals surface area (Å²) in [5.74, 6) is 0. The number of epoxide rings is 1. The van der Waals surface area contributed by atoms with Gasteiger partial charge in [-0.05, 0) is 12.8 Å². The van der Waals surface area contributed by atoms with Crippen LogP contribution in [0.1, 0.15) is 19.3 Å². The summed E-state index contributed by atoms with van der Waals surface area (Å²) >= 11 is 0. The Morgan fingerprint density at radius 3 is 1.74 bits per heavy atom. The van der Waals surface area contributed by atoms with Gasteiger partial charge < -0.3 is 28.4 Å². The molecule has 0 N–H and O–H groups in total. The van der Waals surface area contributed by atoms with Gasteiger partial charge in [0.15, 0.2) is 0 Å². The Kier molecular flexibility index (Phi) is 1.58. The van der Waals surface area contributed by atoms with E-state index in [0.717, 1.165) is 32.5 Å². The molecule has 6 saturated heterocycles. The first-order valence-corrected chi connectivity index (χ1v) is 7.19. The van der Waals surface area contributed by atoms with Crippen LogP contribution in [0.5, 0.6) is 0 Å². The van der Waals surface area contributed by atoms with E-state index >= 15 is 0 Å². The molecule has 1 saturated carbocycles. The fraction of sp³-hybridized carbons (Fsp3) is 1.00. The molecule has 0 amide bonds. The van der Waals surface area contributed by atoms with Gasteiger partial charge >= 0.3 is 0 Å². The lowest BCUT2D eigenvalue weighted by molar-refractivity contribution is -0.530. The maximum atomic E-state index is 6.16. The Morgan fingerprint density at radius 2 is 1.26 bits per heavy atom. The van der Waals surface area contributed by atoms with Crippen LogP contribution in [-0.4, -0.2) is 61.4 Å². The van der Waals surface area contributed by atoms with E-state index in [4.69, 9.17) is 28.4 Å². The summed E-state index contributed by atoms with van der Waals surface area (Å²) in [6, 6.07) is 0. The Morgan fingerprint density at radius 1 is 0.684 bits per heavy atom. The molecule has 7 atom stereocenters. The highest BCUT2D eigenvalue weighted by Gasteiger charge is 2.86. The molecule has 19 heavy (non-hydrogen) atoms. The molecule has 7 fully saturated rings. The summed E-state index contributed by atoms with van der Waals surface area (Å²) in [5.41, 5.74) is -1.13. The van der Waals surface area contributed by atoms with Crippen molar-refractivity contribution in [2.75, 3.05) is 19.8 Å². The van der Waals surface area contributed by atoms with Crippen molar-refractivity contribution in [2.24, 2.45) is 0 Å². The average Bonchev–Trinajstić information content (AvgIpc) is 3.00. The van der Waals surface area contributed by atoms with E-state index < -0.39 is 12.1 Å². The van der Waals surface area contributed by atoms with E-state index in [0.29, 0.717) is 6.61 Å². The molecule has 7 rings (SSSR count). The third-order valence-electron chi connectivity index (χ3n) is 5.83. The van der Waals surface area contributed by atoms with Gasteiger partial charge in [0.2, 0.25) is 0 Å². The molecule has 6 heteroatoms. The summed E-state index contributed by atoms with van der Waals surface area (Å²) in [6.07, 6.45) is 2.75. The summed E-state index contributed by atoms with van der Waals surface area (Å²) < 4.78 is 35.8. The van der Waals surface area contributed by atoms with Crippen LogP contribution in [0, 0.1) is 0 Å². The first-order valence-electron chi connectivity index (χ1n) is 7.19. The second-order valence-corrected chi connectivity index (χ2v) is 6.54. The number of hydrogen-bond donors (Lipinski definition) is 0. The van der Waals surface area contributed by atoms with Crippen molar-refractivity contribution >= 4 is 0 Å². The summed E-state index contributed by atoms with van der Waals surface area (Å²) in [4.78, 5) is 0. The zero-order valence-electron chi connectivity index (χ0n) is 10.5. The molecule has 6 nitrogen and oxygen atoms in total. The smallest absolute Gasteiger partial charge is 0.273 e. The molecule has 1 aliphatic carbocycles. The molecule has 0 aromatic heterocycles. The number of rotatable bonds is 0. The molecular weight excluding hydrogens is 252 g/mol. The van der Waals surface area contributed by atoms with Crippen LogP contribution in [0.15, 0.2) is 0 Å². The van der Waals surface area contributed by atoms with E-state index in [1.165, 1.54) is 0 Å². The van der Waals surface area contributed by atoms with E-state index in [2.05, 4.69) is 0 Å². The largest absolute Gasteiger partial charge is 0.369 e. The van der Waals surface area contributed by atoms with Crippen LogP contribution in [-0.2, 0) is 28.4 Å². The summed E-state index contributed by atoms with van der Waals surface area (Å²) in [5, 5.41) is 0. The molecule has 6 aliphatic heterocycles. The molecule has 0 unspecified atom stereocenters. The Hall–Kier alpha value is -0.240. The Balaban J connectivity index is 1.57. The van der Waals surface area contributed by atoms with E-state index in [-0.39, 0.29) is 29.5 Å². The van der Waals surface area contributed by atoms with Crippen LogP contribution in [0.4, 0.5) is 0 Å². The topological polar surface area (TPSA) is 58.7 Å². The zero-order chi connectivity index (χ0) is 12.3. The highest BCUT2D eigenvalue weighted by Crippen LogP contribution is 2.65. The lowest BCUT2D eigenvalue weighted by Crippen LogP contribution is -2.88. The summed E-state index contributed by atoms with van der Waals surface area (Å²) in [6.45, 7) is 1.64. The van der Waals surface area contributed by atoms with Crippen LogP contribution in [0.2, 0.25) is 0 Å². The predicted octanol–water partition coefficient (Wildman–Crippen LogP) is -0.0563. The maximum absolute atomic E-state index is 6.16. The van der Waals surface area contributed by atoms with Crippen molar-refractivity contribution in [3.63, 3.8) is 0 Å². The second kappa shape index (κ2) is 2.86. The molecular formula is C13H16O6. The highest BCUT2D eigenvalue weighted by atomic mass is 16.9. The quantitative estimate of drug-likeness (QED) is 0.574. The van der Waals surface area contributed by atoms with Crippen molar-refractivity contribution in [1.82, 2.24) is 0 Å². The van der Waals surface area contributed by atoms with Gasteiger partial charge in [0.25, 0.3) is 6.48 Å². The monoisotopic (exact) mass is 268 g/mol. The van der Waals surface area contributed by atoms with E-state index in [9.17, 15) is 0 Å². The highest BCUT2D eigenvalue weighted by molar-refractivity contribution is 5.32. The van der Waals surface area contributed by atoms with Gasteiger partial charge in [0, 0.05) is 13.0 Å². The lowest BCUT2D eigenvalue weighted by Gasteiger charge is -2.69. The molecule has 6 heterocycles. The van der Waals surface area contributed by atoms with Gasteiger partial charge in [-0.2, -0.15) is 0 Å². The van der Waals surface area contributed by atoms with Gasteiger partial charge in [-0.25, -0.2) is 0 Å². The van der Waals surface area contributed by atoms with Gasteiger partial charge in [-0.15, -0.1) is 0 Å². The van der Waals surface area contributed by atoms with Crippen LogP contribution < -0.4 is 0 Å². The van der Waals surface area contributed by atoms with E-state index in [1.54, 1.807) is 0 Å². The van der Waals surface area contributed by atoms with Gasteiger partial charge in [0.05, 0.1) is 13.2 Å². The molecule has 0 aromatic carbocycles. The van der Waals surface area contributed by atoms with Crippen molar-refractivity contribution in [2.45, 2.75) is 60.9 Å². The molecule has 0 radical (unpaired) electrons. The van der Waals surface area contributed by atoms with Crippen molar-refractivity contribution in [1.29, 1.82) is 0 Å². The third-order valence-corrected chi connectivity index (χ3v) is 5.83. The minimum absolute atomic E-state index is 0.0638. The zero-order valence-corrected chi connectivity index (χ0v) is 10.5. The Bertz CT molecular complexity index is 450. The first kappa shape index (κ1) is 10.5. The van der Waals surface area contributed by atoms with Gasteiger partial charge in [0.1, 0.15) is 35.1 Å². The van der Waals surface area contributed by atoms with Crippen molar-refractivity contribution < 1.29 is 28.4 Å². The number of hydrogen-bond acceptors (Lipinski definition) is 6. The molecule has 3 spiro atoms. The van der Waals surface area contributed by atoms with Crippen molar-refractivity contribution in [3.05, 3.63) is 0 Å². The van der Waals surface area contributed by atoms with Crippen molar-refractivity contribution in [3.8, 4) is 0 Å². The van der Waals surface area contributed by atoms with Crippen LogP contribution >= 0.6 is 0 Å². The molecule has 7 aliphatic rings. The first-order chi connectivity index (χ1) is 9.30. The minimum atomic E-state index is -0.570. The minimum Gasteiger partial charge on any atom is -0.369 e. The predicted molar refractivity (Wildman–Crippen MR) is 58.3 cm³/mol. The standard InChI is InChI=1S/C13H16O6/c1-2-11(14-4-1)7-12(3-5-15-12)9-13(6-16-13)8(11)18-10(17-7)19-9/h7-10H,1-6H2/t7-,8+,9-,10+,11-,12+,13-/m1/s1. The van der Waals surface area contributed by atoms with Gasteiger partial charge in [-0.1, -0.05) is 0 Å². The van der Waals surface area contributed by atoms with Crippen LogP contribution in [0.3, 0.4) is 0 Å². The molecule has 4 bridgehead atoms. The number of ether oxygens (including phenoxy) is 6. The maximum Gasteiger partial charge on any atom is 0.273 e. The molecule has 0 aromatic rings. The fourth-order valence-corrected chi connectivity index (χ4v) is 5.01. The third kappa shape index (κ3) is 0.906. The summed E-state index contributed by atoms with van der Waals surface area (Å²) in [7, 11) is 0. The van der Waals surface area contributed by atoms with E-state index in [1.807, 2.05) is 0 Å².